The lowest BCUT2D eigenvalue weighted by atomic mass is 10.2. The molecule has 0 radical (unpaired) electrons. The highest BCUT2D eigenvalue weighted by atomic mass is 32.2. The van der Waals surface area contributed by atoms with Crippen LogP contribution in [0.2, 0.25) is 0 Å². The summed E-state index contributed by atoms with van der Waals surface area (Å²) in [7, 11) is -3.26. The maximum atomic E-state index is 11.7. The van der Waals surface area contributed by atoms with Gasteiger partial charge in [0.05, 0.1) is 12.3 Å². The number of nitrogens with two attached hydrogens (primary N) is 1. The van der Waals surface area contributed by atoms with Crippen LogP contribution in [0.25, 0.3) is 0 Å². The van der Waals surface area contributed by atoms with Crippen LogP contribution in [0.4, 0.5) is 5.69 Å². The lowest BCUT2D eigenvalue weighted by molar-refractivity contribution is 0.598. The second kappa shape index (κ2) is 7.04. The first kappa shape index (κ1) is 14.6. The number of benzene rings is 1. The Kier molecular flexibility index (Phi) is 5.69. The summed E-state index contributed by atoms with van der Waals surface area (Å²) in [6.45, 7) is 2.24. The van der Waals surface area contributed by atoms with Crippen LogP contribution in [0, 0.1) is 11.8 Å². The van der Waals surface area contributed by atoms with E-state index in [4.69, 9.17) is 5.73 Å². The van der Waals surface area contributed by atoms with Crippen molar-refractivity contribution in [3.05, 3.63) is 29.8 Å². The van der Waals surface area contributed by atoms with Gasteiger partial charge in [0.2, 0.25) is 10.0 Å². The van der Waals surface area contributed by atoms with Gasteiger partial charge in [0.15, 0.2) is 0 Å². The van der Waals surface area contributed by atoms with Gasteiger partial charge in [0.1, 0.15) is 0 Å². The number of unbranched alkanes of at least 4 members (excludes halogenated alkanes) is 1. The molecule has 0 bridgehead atoms. The van der Waals surface area contributed by atoms with E-state index in [2.05, 4.69) is 16.6 Å². The van der Waals surface area contributed by atoms with E-state index in [1.807, 2.05) is 13.0 Å². The fourth-order valence-corrected chi connectivity index (χ4v) is 2.64. The Bertz CT molecular complexity index is 542. The SMILES string of the molecule is CCCCS(=O)(=O)Nc1cccc(C#CCN)c1. The van der Waals surface area contributed by atoms with E-state index >= 15 is 0 Å². The van der Waals surface area contributed by atoms with Crippen molar-refractivity contribution in [3.8, 4) is 11.8 Å². The minimum absolute atomic E-state index is 0.141. The van der Waals surface area contributed by atoms with E-state index in [1.54, 1.807) is 18.2 Å². The third kappa shape index (κ3) is 5.21. The largest absolute Gasteiger partial charge is 0.320 e. The van der Waals surface area contributed by atoms with E-state index in [9.17, 15) is 8.42 Å². The average molecular weight is 266 g/mol. The van der Waals surface area contributed by atoms with Crippen LogP contribution in [0.3, 0.4) is 0 Å². The van der Waals surface area contributed by atoms with Crippen molar-refractivity contribution < 1.29 is 8.42 Å². The van der Waals surface area contributed by atoms with Crippen LogP contribution in [0.1, 0.15) is 25.3 Å². The first-order valence-electron chi connectivity index (χ1n) is 5.87. The Hall–Kier alpha value is -1.51. The fourth-order valence-electron chi connectivity index (χ4n) is 1.38. The Balaban J connectivity index is 2.79. The van der Waals surface area contributed by atoms with E-state index in [0.717, 1.165) is 12.0 Å². The maximum Gasteiger partial charge on any atom is 0.232 e. The summed E-state index contributed by atoms with van der Waals surface area (Å²) in [6, 6.07) is 6.98. The molecule has 1 aromatic carbocycles. The van der Waals surface area contributed by atoms with Crippen molar-refractivity contribution in [2.24, 2.45) is 5.73 Å². The highest BCUT2D eigenvalue weighted by Gasteiger charge is 2.09. The van der Waals surface area contributed by atoms with Gasteiger partial charge in [-0.25, -0.2) is 8.42 Å². The normalized spacial score (nSPS) is 10.6. The molecule has 0 heterocycles. The average Bonchev–Trinajstić information content (AvgIpc) is 2.34. The monoisotopic (exact) mass is 266 g/mol. The zero-order valence-electron chi connectivity index (χ0n) is 10.4. The summed E-state index contributed by atoms with van der Waals surface area (Å²) in [5, 5.41) is 0. The van der Waals surface area contributed by atoms with Gasteiger partial charge in [-0.1, -0.05) is 31.3 Å². The van der Waals surface area contributed by atoms with Crippen LogP contribution < -0.4 is 10.5 Å². The minimum atomic E-state index is -3.26. The first-order valence-corrected chi connectivity index (χ1v) is 7.52. The van der Waals surface area contributed by atoms with Crippen molar-refractivity contribution in [1.29, 1.82) is 0 Å². The van der Waals surface area contributed by atoms with Gasteiger partial charge in [0, 0.05) is 11.3 Å². The molecule has 0 aromatic heterocycles. The molecule has 0 aliphatic rings. The zero-order valence-corrected chi connectivity index (χ0v) is 11.3. The molecule has 5 heteroatoms. The number of sulfonamides is 1. The lowest BCUT2D eigenvalue weighted by Crippen LogP contribution is -2.16. The Morgan fingerprint density at radius 1 is 1.39 bits per heavy atom. The van der Waals surface area contributed by atoms with Gasteiger partial charge in [-0.3, -0.25) is 4.72 Å². The predicted molar refractivity (Wildman–Crippen MR) is 74.7 cm³/mol. The molecule has 0 atom stereocenters. The molecule has 0 saturated heterocycles. The van der Waals surface area contributed by atoms with E-state index in [1.165, 1.54) is 0 Å². The van der Waals surface area contributed by atoms with Crippen LogP contribution in [-0.4, -0.2) is 20.7 Å². The van der Waals surface area contributed by atoms with E-state index in [-0.39, 0.29) is 12.3 Å². The molecular formula is C13H18N2O2S. The molecule has 1 aromatic rings. The molecule has 0 fully saturated rings. The van der Waals surface area contributed by atoms with E-state index < -0.39 is 10.0 Å². The lowest BCUT2D eigenvalue weighted by Gasteiger charge is -2.07. The number of hydrogen-bond acceptors (Lipinski definition) is 3. The summed E-state index contributed by atoms with van der Waals surface area (Å²) in [5.74, 6) is 5.73. The summed E-state index contributed by atoms with van der Waals surface area (Å²) in [5.41, 5.74) is 6.57. The Morgan fingerprint density at radius 3 is 2.83 bits per heavy atom. The van der Waals surface area contributed by atoms with Crippen molar-refractivity contribution in [2.75, 3.05) is 17.0 Å². The molecule has 4 nitrogen and oxygen atoms in total. The minimum Gasteiger partial charge on any atom is -0.320 e. The first-order chi connectivity index (χ1) is 8.57. The molecule has 0 aliphatic carbocycles. The van der Waals surface area contributed by atoms with Crippen LogP contribution in [-0.2, 0) is 10.0 Å². The van der Waals surface area contributed by atoms with Gasteiger partial charge in [-0.2, -0.15) is 0 Å². The number of hydrogen-bond donors (Lipinski definition) is 2. The number of anilines is 1. The van der Waals surface area contributed by atoms with Crippen molar-refractivity contribution >= 4 is 15.7 Å². The number of nitrogens with one attached hydrogen (secondary N) is 1. The Morgan fingerprint density at radius 2 is 2.17 bits per heavy atom. The topological polar surface area (TPSA) is 72.2 Å². The van der Waals surface area contributed by atoms with Gasteiger partial charge in [-0.15, -0.1) is 0 Å². The molecular weight excluding hydrogens is 248 g/mol. The molecule has 18 heavy (non-hydrogen) atoms. The third-order valence-corrected chi connectivity index (χ3v) is 3.61. The van der Waals surface area contributed by atoms with E-state index in [0.29, 0.717) is 12.1 Å². The maximum absolute atomic E-state index is 11.7. The molecule has 0 unspecified atom stereocenters. The van der Waals surface area contributed by atoms with Crippen LogP contribution in [0.5, 0.6) is 0 Å². The van der Waals surface area contributed by atoms with Gasteiger partial charge >= 0.3 is 0 Å². The summed E-state index contributed by atoms with van der Waals surface area (Å²) in [4.78, 5) is 0. The Labute approximate surface area is 109 Å². The van der Waals surface area contributed by atoms with Gasteiger partial charge < -0.3 is 5.73 Å². The summed E-state index contributed by atoms with van der Waals surface area (Å²) < 4.78 is 26.0. The summed E-state index contributed by atoms with van der Waals surface area (Å²) >= 11 is 0. The van der Waals surface area contributed by atoms with Gasteiger partial charge in [0.25, 0.3) is 0 Å². The molecule has 1 rings (SSSR count). The van der Waals surface area contributed by atoms with Crippen LogP contribution in [0.15, 0.2) is 24.3 Å². The van der Waals surface area contributed by atoms with Crippen molar-refractivity contribution in [1.82, 2.24) is 0 Å². The zero-order chi connectivity index (χ0) is 13.4. The van der Waals surface area contributed by atoms with Gasteiger partial charge in [-0.05, 0) is 24.6 Å². The second-order valence-electron chi connectivity index (χ2n) is 3.86. The molecule has 0 aliphatic heterocycles. The highest BCUT2D eigenvalue weighted by Crippen LogP contribution is 2.12. The molecule has 3 N–H and O–H groups in total. The highest BCUT2D eigenvalue weighted by molar-refractivity contribution is 7.92. The summed E-state index contributed by atoms with van der Waals surface area (Å²) in [6.07, 6.45) is 1.50. The van der Waals surface area contributed by atoms with Crippen LogP contribution >= 0.6 is 0 Å². The molecule has 0 spiro atoms. The smallest absolute Gasteiger partial charge is 0.232 e. The molecule has 0 amide bonds. The quantitative estimate of drug-likeness (QED) is 0.794. The predicted octanol–water partition coefficient (Wildman–Crippen LogP) is 1.54. The molecule has 98 valence electrons. The number of rotatable bonds is 5. The standard InChI is InChI=1S/C13H18N2O2S/c1-2-3-10-18(16,17)15-13-8-4-6-12(11-13)7-5-9-14/h4,6,8,11,15H,2-3,9-10,14H2,1H3. The van der Waals surface area contributed by atoms with Crippen molar-refractivity contribution in [3.63, 3.8) is 0 Å². The third-order valence-electron chi connectivity index (χ3n) is 2.24. The fraction of sp³-hybridized carbons (Fsp3) is 0.385. The molecule has 0 saturated carbocycles. The second-order valence-corrected chi connectivity index (χ2v) is 5.70. The van der Waals surface area contributed by atoms with Crippen molar-refractivity contribution in [2.45, 2.75) is 19.8 Å².